The number of fused-ring (bicyclic) bond motifs is 2. The number of halogens is 1. The summed E-state index contributed by atoms with van der Waals surface area (Å²) in [7, 11) is 1.95. The van der Waals surface area contributed by atoms with E-state index in [0.717, 1.165) is 18.2 Å². The fraction of sp³-hybridized carbons (Fsp3) is 0.500. The van der Waals surface area contributed by atoms with Gasteiger partial charge in [0.1, 0.15) is 18.2 Å². The first-order chi connectivity index (χ1) is 11.2. The zero-order valence-electron chi connectivity index (χ0n) is 13.4. The predicted molar refractivity (Wildman–Crippen MR) is 85.6 cm³/mol. The fourth-order valence-corrected chi connectivity index (χ4v) is 4.14. The molecule has 3 atom stereocenters. The molecule has 122 valence electrons. The lowest BCUT2D eigenvalue weighted by atomic mass is 9.99. The van der Waals surface area contributed by atoms with Crippen LogP contribution in [0.15, 0.2) is 36.7 Å². The van der Waals surface area contributed by atoms with Crippen LogP contribution in [0.1, 0.15) is 24.8 Å². The van der Waals surface area contributed by atoms with Gasteiger partial charge in [0, 0.05) is 37.4 Å². The Balaban J connectivity index is 1.43. The maximum atomic E-state index is 13.0. The summed E-state index contributed by atoms with van der Waals surface area (Å²) in [6.45, 7) is 1.61. The van der Waals surface area contributed by atoms with E-state index in [1.54, 1.807) is 12.1 Å². The van der Waals surface area contributed by atoms with Gasteiger partial charge in [-0.1, -0.05) is 0 Å². The van der Waals surface area contributed by atoms with Gasteiger partial charge in [-0.3, -0.25) is 9.58 Å². The molecule has 1 saturated carbocycles. The summed E-state index contributed by atoms with van der Waals surface area (Å²) >= 11 is 0. The van der Waals surface area contributed by atoms with Gasteiger partial charge in [-0.15, -0.1) is 0 Å². The minimum absolute atomic E-state index is 0.226. The van der Waals surface area contributed by atoms with Gasteiger partial charge >= 0.3 is 0 Å². The molecule has 2 unspecified atom stereocenters. The van der Waals surface area contributed by atoms with Gasteiger partial charge < -0.3 is 4.74 Å². The maximum Gasteiger partial charge on any atom is 0.123 e. The summed E-state index contributed by atoms with van der Waals surface area (Å²) in [5.41, 5.74) is 1.26. The summed E-state index contributed by atoms with van der Waals surface area (Å²) in [4.78, 5) is 2.58. The second-order valence-corrected chi connectivity index (χ2v) is 6.75. The minimum atomic E-state index is -0.226. The highest BCUT2D eigenvalue weighted by Crippen LogP contribution is 2.43. The SMILES string of the molecule is Cn1cc(CN2C3CCC(C3)[C@@H]2COc2ccc(F)cc2)cn1. The molecule has 2 aromatic rings. The largest absolute Gasteiger partial charge is 0.492 e. The Kier molecular flexibility index (Phi) is 3.81. The fourth-order valence-electron chi connectivity index (χ4n) is 4.14. The molecule has 1 aromatic heterocycles. The predicted octanol–water partition coefficient (Wildman–Crippen LogP) is 2.99. The lowest BCUT2D eigenvalue weighted by Crippen LogP contribution is -2.43. The monoisotopic (exact) mass is 315 g/mol. The standard InChI is InChI=1S/C18H22FN3O/c1-21-10-13(9-20-21)11-22-16-5-2-14(8-16)18(22)12-23-17-6-3-15(19)4-7-17/h3-4,6-7,9-10,14,16,18H,2,5,8,11-12H2,1H3/t14?,16?,18-/m0/s1. The van der Waals surface area contributed by atoms with Crippen molar-refractivity contribution in [1.29, 1.82) is 0 Å². The van der Waals surface area contributed by atoms with Gasteiger partial charge in [-0.2, -0.15) is 5.10 Å². The van der Waals surface area contributed by atoms with E-state index >= 15 is 0 Å². The third kappa shape index (κ3) is 2.98. The summed E-state index contributed by atoms with van der Waals surface area (Å²) < 4.78 is 20.8. The molecule has 1 aliphatic heterocycles. The molecular weight excluding hydrogens is 293 g/mol. The number of nitrogens with zero attached hydrogens (tertiary/aromatic N) is 3. The van der Waals surface area contributed by atoms with Crippen molar-refractivity contribution in [3.05, 3.63) is 48.0 Å². The van der Waals surface area contributed by atoms with Crippen molar-refractivity contribution in [3.63, 3.8) is 0 Å². The van der Waals surface area contributed by atoms with Crippen LogP contribution in [0.5, 0.6) is 5.75 Å². The van der Waals surface area contributed by atoms with Crippen molar-refractivity contribution in [2.45, 2.75) is 37.9 Å². The molecular formula is C18H22FN3O. The summed E-state index contributed by atoms with van der Waals surface area (Å²) in [6, 6.07) is 7.41. The van der Waals surface area contributed by atoms with E-state index in [4.69, 9.17) is 4.74 Å². The molecule has 1 aliphatic carbocycles. The molecule has 0 spiro atoms. The average molecular weight is 315 g/mol. The molecule has 4 rings (SSSR count). The highest BCUT2D eigenvalue weighted by atomic mass is 19.1. The maximum absolute atomic E-state index is 13.0. The van der Waals surface area contributed by atoms with Crippen LogP contribution in [-0.2, 0) is 13.6 Å². The van der Waals surface area contributed by atoms with Crippen LogP contribution in [0.4, 0.5) is 4.39 Å². The van der Waals surface area contributed by atoms with Crippen LogP contribution in [0.25, 0.3) is 0 Å². The Bertz CT molecular complexity index is 669. The first kappa shape index (κ1) is 14.7. The average Bonchev–Trinajstić information content (AvgIpc) is 3.24. The normalized spacial score (nSPS) is 26.8. The van der Waals surface area contributed by atoms with E-state index in [0.29, 0.717) is 18.7 Å². The molecule has 2 aliphatic rings. The number of rotatable bonds is 5. The lowest BCUT2D eigenvalue weighted by Gasteiger charge is -2.34. The first-order valence-electron chi connectivity index (χ1n) is 8.30. The number of ether oxygens (including phenoxy) is 1. The van der Waals surface area contributed by atoms with E-state index in [-0.39, 0.29) is 5.82 Å². The van der Waals surface area contributed by atoms with Gasteiger partial charge in [0.2, 0.25) is 0 Å². The van der Waals surface area contributed by atoms with E-state index < -0.39 is 0 Å². The summed E-state index contributed by atoms with van der Waals surface area (Å²) in [5.74, 6) is 1.24. The Morgan fingerprint density at radius 1 is 1.26 bits per heavy atom. The van der Waals surface area contributed by atoms with Crippen molar-refractivity contribution in [1.82, 2.24) is 14.7 Å². The third-order valence-electron chi connectivity index (χ3n) is 5.24. The zero-order chi connectivity index (χ0) is 15.8. The number of hydrogen-bond donors (Lipinski definition) is 0. The van der Waals surface area contributed by atoms with E-state index in [2.05, 4.69) is 16.2 Å². The van der Waals surface area contributed by atoms with Crippen LogP contribution in [-0.4, -0.2) is 33.4 Å². The third-order valence-corrected chi connectivity index (χ3v) is 5.24. The minimum Gasteiger partial charge on any atom is -0.492 e. The van der Waals surface area contributed by atoms with Crippen molar-refractivity contribution in [2.75, 3.05) is 6.61 Å². The molecule has 0 radical (unpaired) electrons. The molecule has 2 heterocycles. The second-order valence-electron chi connectivity index (χ2n) is 6.75. The number of aromatic nitrogens is 2. The Morgan fingerprint density at radius 3 is 2.83 bits per heavy atom. The number of piperidine rings is 1. The number of aryl methyl sites for hydroxylation is 1. The Morgan fingerprint density at radius 2 is 2.09 bits per heavy atom. The van der Waals surface area contributed by atoms with Crippen LogP contribution in [0, 0.1) is 11.7 Å². The van der Waals surface area contributed by atoms with Crippen LogP contribution in [0.3, 0.4) is 0 Å². The molecule has 2 fully saturated rings. The number of likely N-dealkylation sites (tertiary alicyclic amines) is 1. The first-order valence-corrected chi connectivity index (χ1v) is 8.30. The van der Waals surface area contributed by atoms with Crippen molar-refractivity contribution < 1.29 is 9.13 Å². The lowest BCUT2D eigenvalue weighted by molar-refractivity contribution is 0.0867. The van der Waals surface area contributed by atoms with Crippen LogP contribution in [0.2, 0.25) is 0 Å². The van der Waals surface area contributed by atoms with Gasteiger partial charge in [-0.25, -0.2) is 4.39 Å². The van der Waals surface area contributed by atoms with Gasteiger partial charge in [-0.05, 0) is 49.4 Å². The molecule has 23 heavy (non-hydrogen) atoms. The number of benzene rings is 1. The van der Waals surface area contributed by atoms with Crippen LogP contribution >= 0.6 is 0 Å². The van der Waals surface area contributed by atoms with Crippen molar-refractivity contribution in [2.24, 2.45) is 13.0 Å². The highest BCUT2D eigenvalue weighted by Gasteiger charge is 2.45. The van der Waals surface area contributed by atoms with E-state index in [9.17, 15) is 4.39 Å². The smallest absolute Gasteiger partial charge is 0.123 e. The zero-order valence-corrected chi connectivity index (χ0v) is 13.4. The topological polar surface area (TPSA) is 30.3 Å². The quantitative estimate of drug-likeness (QED) is 0.850. The second kappa shape index (κ2) is 5.96. The van der Waals surface area contributed by atoms with Crippen molar-refractivity contribution in [3.8, 4) is 5.75 Å². The van der Waals surface area contributed by atoms with E-state index in [1.165, 1.54) is 37.0 Å². The Hall–Kier alpha value is -1.88. The molecule has 4 nitrogen and oxygen atoms in total. The van der Waals surface area contributed by atoms with Crippen molar-refractivity contribution >= 4 is 0 Å². The van der Waals surface area contributed by atoms with Gasteiger partial charge in [0.05, 0.1) is 6.20 Å². The highest BCUT2D eigenvalue weighted by molar-refractivity contribution is 5.22. The summed E-state index contributed by atoms with van der Waals surface area (Å²) in [5, 5.41) is 4.27. The molecule has 0 amide bonds. The van der Waals surface area contributed by atoms with Crippen LogP contribution < -0.4 is 4.74 Å². The molecule has 5 heteroatoms. The molecule has 1 aromatic carbocycles. The number of hydrogen-bond acceptors (Lipinski definition) is 3. The molecule has 2 bridgehead atoms. The van der Waals surface area contributed by atoms with E-state index in [1.807, 2.05) is 17.9 Å². The summed E-state index contributed by atoms with van der Waals surface area (Å²) in [6.07, 6.45) is 7.90. The van der Waals surface area contributed by atoms with Gasteiger partial charge in [0.25, 0.3) is 0 Å². The van der Waals surface area contributed by atoms with Gasteiger partial charge in [0.15, 0.2) is 0 Å². The molecule has 1 saturated heterocycles. The molecule has 0 N–H and O–H groups in total. The Labute approximate surface area is 135 Å².